The lowest BCUT2D eigenvalue weighted by molar-refractivity contribution is -0.139. The van der Waals surface area contributed by atoms with E-state index in [1.54, 1.807) is 0 Å². The second-order valence-electron chi connectivity index (χ2n) is 8.03. The van der Waals surface area contributed by atoms with Crippen molar-refractivity contribution >= 4 is 29.4 Å². The number of hydrogen-bond donors (Lipinski definition) is 3. The molecule has 3 N–H and O–H groups in total. The molecule has 7 nitrogen and oxygen atoms in total. The molecule has 0 aromatic heterocycles. The van der Waals surface area contributed by atoms with Crippen LogP contribution in [0.25, 0.3) is 0 Å². The fourth-order valence-electron chi connectivity index (χ4n) is 4.35. The van der Waals surface area contributed by atoms with Crippen LogP contribution < -0.4 is 10.6 Å². The third-order valence-corrected chi connectivity index (χ3v) is 6.32. The Bertz CT molecular complexity index is 934. The van der Waals surface area contributed by atoms with E-state index in [9.17, 15) is 32.7 Å². The molecule has 3 aliphatic rings. The van der Waals surface area contributed by atoms with Crippen LogP contribution in [-0.4, -0.2) is 40.0 Å². The minimum Gasteiger partial charge on any atom is -0.396 e. The Morgan fingerprint density at radius 1 is 1.27 bits per heavy atom. The van der Waals surface area contributed by atoms with E-state index < -0.39 is 52.7 Å². The minimum atomic E-state index is -4.61. The summed E-state index contributed by atoms with van der Waals surface area (Å²) in [7, 11) is 0. The first-order valence-corrected chi connectivity index (χ1v) is 9.84. The zero-order chi connectivity index (χ0) is 21.8. The number of nitrogens with one attached hydrogen (secondary N) is 2. The minimum absolute atomic E-state index is 0.0531. The van der Waals surface area contributed by atoms with E-state index in [-0.39, 0.29) is 25.4 Å². The Labute approximate surface area is 174 Å². The number of fused-ring (bicyclic) bond motifs is 1. The molecule has 1 saturated heterocycles. The maximum atomic E-state index is 13.1. The number of imide groups is 1. The molecule has 2 aliphatic heterocycles. The second kappa shape index (κ2) is 7.12. The fraction of sp³-hybridized carbons (Fsp3) is 0.526. The Kier molecular flexibility index (Phi) is 4.97. The molecule has 2 atom stereocenters. The summed E-state index contributed by atoms with van der Waals surface area (Å²) in [6.45, 7) is -0.560. The van der Waals surface area contributed by atoms with E-state index in [0.29, 0.717) is 24.0 Å². The number of benzene rings is 1. The average molecular weight is 446 g/mol. The lowest BCUT2D eigenvalue weighted by atomic mass is 9.82. The Hall–Kier alpha value is -2.33. The van der Waals surface area contributed by atoms with Crippen LogP contribution in [0.2, 0.25) is 5.02 Å². The molecule has 4 rings (SSSR count). The van der Waals surface area contributed by atoms with E-state index in [1.807, 2.05) is 0 Å². The first-order valence-electron chi connectivity index (χ1n) is 9.47. The number of halogens is 4. The number of hydrogen-bond acceptors (Lipinski definition) is 4. The van der Waals surface area contributed by atoms with Crippen molar-refractivity contribution in [3.63, 3.8) is 0 Å². The Morgan fingerprint density at radius 2 is 1.90 bits per heavy atom. The molecule has 0 radical (unpaired) electrons. The molecule has 11 heteroatoms. The van der Waals surface area contributed by atoms with Crippen LogP contribution in [0.1, 0.15) is 36.0 Å². The third kappa shape index (κ3) is 3.51. The second-order valence-corrected chi connectivity index (χ2v) is 8.44. The van der Waals surface area contributed by atoms with Crippen LogP contribution in [0.5, 0.6) is 0 Å². The highest BCUT2D eigenvalue weighted by atomic mass is 35.5. The van der Waals surface area contributed by atoms with Gasteiger partial charge in [-0.3, -0.25) is 14.9 Å². The molecule has 2 fully saturated rings. The van der Waals surface area contributed by atoms with Crippen molar-refractivity contribution in [1.82, 2.24) is 15.5 Å². The number of aliphatic hydroxyl groups excluding tert-OH is 1. The molecule has 1 saturated carbocycles. The van der Waals surface area contributed by atoms with Crippen molar-refractivity contribution in [2.75, 3.05) is 6.61 Å². The number of alkyl halides is 3. The van der Waals surface area contributed by atoms with E-state index in [2.05, 4.69) is 10.6 Å². The van der Waals surface area contributed by atoms with E-state index in [0.717, 1.165) is 6.07 Å². The molecule has 0 unspecified atom stereocenters. The fourth-order valence-corrected chi connectivity index (χ4v) is 4.64. The van der Waals surface area contributed by atoms with Crippen molar-refractivity contribution in [2.24, 2.45) is 11.8 Å². The van der Waals surface area contributed by atoms with Gasteiger partial charge in [-0.05, 0) is 48.4 Å². The predicted molar refractivity (Wildman–Crippen MR) is 98.0 cm³/mol. The summed E-state index contributed by atoms with van der Waals surface area (Å²) in [6.07, 6.45) is -3.25. The topological polar surface area (TPSA) is 98.7 Å². The van der Waals surface area contributed by atoms with Crippen LogP contribution in [0, 0.1) is 11.8 Å². The largest absolute Gasteiger partial charge is 0.417 e. The quantitative estimate of drug-likeness (QED) is 0.605. The van der Waals surface area contributed by atoms with Crippen molar-refractivity contribution in [3.8, 4) is 0 Å². The zero-order valence-electron chi connectivity index (χ0n) is 15.7. The standard InChI is InChI=1S/C19H19ClF3N3O4/c20-14-4-10-7-26(6-9(10)3-13(14)19(21,22)23)15(28)11(8-27)5-18(12-1-2-12)16(29)24-17(30)25-18/h3-4,11-12,27H,1-2,5-8H2,(H2,24,25,29,30)/t11-,18+/m0/s1. The molecule has 1 aromatic rings. The molecular weight excluding hydrogens is 427 g/mol. The molecule has 2 heterocycles. The maximum Gasteiger partial charge on any atom is 0.417 e. The molecular formula is C19H19ClF3N3O4. The summed E-state index contributed by atoms with van der Waals surface area (Å²) in [5.74, 6) is -2.11. The molecule has 1 aromatic carbocycles. The van der Waals surface area contributed by atoms with E-state index in [1.165, 1.54) is 11.0 Å². The average Bonchev–Trinajstić information content (AvgIpc) is 3.36. The molecule has 162 valence electrons. The lowest BCUT2D eigenvalue weighted by Gasteiger charge is -2.31. The number of urea groups is 1. The third-order valence-electron chi connectivity index (χ3n) is 6.01. The van der Waals surface area contributed by atoms with Crippen LogP contribution >= 0.6 is 11.6 Å². The van der Waals surface area contributed by atoms with Gasteiger partial charge in [0.2, 0.25) is 5.91 Å². The molecule has 30 heavy (non-hydrogen) atoms. The van der Waals surface area contributed by atoms with Gasteiger partial charge in [-0.15, -0.1) is 0 Å². The summed E-state index contributed by atoms with van der Waals surface area (Å²) < 4.78 is 39.3. The van der Waals surface area contributed by atoms with Gasteiger partial charge in [-0.25, -0.2) is 4.79 Å². The summed E-state index contributed by atoms with van der Waals surface area (Å²) in [4.78, 5) is 38.5. The first-order chi connectivity index (χ1) is 14.0. The van der Waals surface area contributed by atoms with Crippen molar-refractivity contribution in [3.05, 3.63) is 33.8 Å². The van der Waals surface area contributed by atoms with E-state index >= 15 is 0 Å². The van der Waals surface area contributed by atoms with Crippen LogP contribution in [0.15, 0.2) is 12.1 Å². The number of rotatable bonds is 5. The van der Waals surface area contributed by atoms with Gasteiger partial charge in [0.1, 0.15) is 5.54 Å². The van der Waals surface area contributed by atoms with Crippen LogP contribution in [-0.2, 0) is 28.9 Å². The highest BCUT2D eigenvalue weighted by Crippen LogP contribution is 2.45. The van der Waals surface area contributed by atoms with Gasteiger partial charge in [0.25, 0.3) is 5.91 Å². The molecule has 1 aliphatic carbocycles. The summed E-state index contributed by atoms with van der Waals surface area (Å²) in [5.41, 5.74) is -1.38. The Balaban J connectivity index is 1.53. The maximum absolute atomic E-state index is 13.1. The van der Waals surface area contributed by atoms with Gasteiger partial charge in [0.15, 0.2) is 0 Å². The van der Waals surface area contributed by atoms with Gasteiger partial charge >= 0.3 is 12.2 Å². The van der Waals surface area contributed by atoms with Crippen LogP contribution in [0.3, 0.4) is 0 Å². The number of carbonyl (C=O) groups is 3. The highest BCUT2D eigenvalue weighted by Gasteiger charge is 2.57. The highest BCUT2D eigenvalue weighted by molar-refractivity contribution is 6.31. The van der Waals surface area contributed by atoms with Crippen molar-refractivity contribution < 1.29 is 32.7 Å². The molecule has 4 amide bonds. The zero-order valence-corrected chi connectivity index (χ0v) is 16.4. The molecule has 0 bridgehead atoms. The number of aliphatic hydroxyl groups is 1. The molecule has 0 spiro atoms. The summed E-state index contributed by atoms with van der Waals surface area (Å²) >= 11 is 5.76. The van der Waals surface area contributed by atoms with Crippen molar-refractivity contribution in [2.45, 2.75) is 44.1 Å². The van der Waals surface area contributed by atoms with Crippen LogP contribution in [0.4, 0.5) is 18.0 Å². The van der Waals surface area contributed by atoms with Gasteiger partial charge in [-0.1, -0.05) is 11.6 Å². The Morgan fingerprint density at radius 3 is 2.40 bits per heavy atom. The first kappa shape index (κ1) is 20.9. The van der Waals surface area contributed by atoms with Gasteiger partial charge < -0.3 is 15.3 Å². The van der Waals surface area contributed by atoms with Crippen molar-refractivity contribution in [1.29, 1.82) is 0 Å². The van der Waals surface area contributed by atoms with Gasteiger partial charge in [0.05, 0.1) is 23.1 Å². The number of nitrogens with zero attached hydrogens (tertiary/aromatic N) is 1. The van der Waals surface area contributed by atoms with E-state index in [4.69, 9.17) is 11.6 Å². The SMILES string of the molecule is O=C1NC(=O)[C@@](C[C@@H](CO)C(=O)N2Cc3cc(Cl)c(C(F)(F)F)cc3C2)(C2CC2)N1. The predicted octanol–water partition coefficient (Wildman–Crippen LogP) is 2.19. The summed E-state index contributed by atoms with van der Waals surface area (Å²) in [5, 5.41) is 14.2. The summed E-state index contributed by atoms with van der Waals surface area (Å²) in [6, 6.07) is 1.51. The number of carbonyl (C=O) groups excluding carboxylic acids is 3. The smallest absolute Gasteiger partial charge is 0.396 e. The van der Waals surface area contributed by atoms with Gasteiger partial charge in [-0.2, -0.15) is 13.2 Å². The normalized spacial score (nSPS) is 24.5. The monoisotopic (exact) mass is 445 g/mol. The van der Waals surface area contributed by atoms with Gasteiger partial charge in [0, 0.05) is 13.1 Å². The number of amides is 4. The lowest BCUT2D eigenvalue weighted by Crippen LogP contribution is -2.52.